The summed E-state index contributed by atoms with van der Waals surface area (Å²) in [6, 6.07) is 0.490. The van der Waals surface area contributed by atoms with Gasteiger partial charge in [0.1, 0.15) is 0 Å². The fraction of sp³-hybridized carbons (Fsp3) is 0.938. The highest BCUT2D eigenvalue weighted by Crippen LogP contribution is 2.52. The van der Waals surface area contributed by atoms with Crippen molar-refractivity contribution in [3.05, 3.63) is 0 Å². The molecule has 2 fully saturated rings. The number of unbranched alkanes of at least 4 members (excludes halogenated alkanes) is 1. The molecule has 20 heavy (non-hydrogen) atoms. The molecular weight excluding hydrogens is 250 g/mol. The Morgan fingerprint density at radius 2 is 2.15 bits per heavy atom. The third kappa shape index (κ3) is 2.80. The topological polar surface area (TPSA) is 36.9 Å². The zero-order valence-corrected chi connectivity index (χ0v) is 13.8. The standard InChI is InChI=1S/C16H31N3O/c1-6-8-10-19(5)15(17-7-2)18-13-12-9-11-20-14(12)16(13,3)4/h12-14H,6-11H2,1-5H3,(H,17,18). The van der Waals surface area contributed by atoms with Gasteiger partial charge in [-0.05, 0) is 19.8 Å². The molecule has 3 atom stereocenters. The Morgan fingerprint density at radius 3 is 2.80 bits per heavy atom. The van der Waals surface area contributed by atoms with E-state index in [1.165, 1.54) is 19.3 Å². The van der Waals surface area contributed by atoms with Crippen molar-refractivity contribution >= 4 is 5.96 Å². The largest absolute Gasteiger partial charge is 0.377 e. The molecule has 3 unspecified atom stereocenters. The van der Waals surface area contributed by atoms with Crippen LogP contribution in [-0.4, -0.2) is 49.7 Å². The summed E-state index contributed by atoms with van der Waals surface area (Å²) >= 11 is 0. The van der Waals surface area contributed by atoms with Crippen molar-refractivity contribution in [2.24, 2.45) is 16.3 Å². The van der Waals surface area contributed by atoms with Crippen LogP contribution in [0.3, 0.4) is 0 Å². The van der Waals surface area contributed by atoms with Gasteiger partial charge in [0.25, 0.3) is 0 Å². The maximum absolute atomic E-state index is 5.87. The van der Waals surface area contributed by atoms with Crippen LogP contribution in [0.1, 0.15) is 47.0 Å². The fourth-order valence-corrected chi connectivity index (χ4v) is 3.68. The van der Waals surface area contributed by atoms with Crippen LogP contribution < -0.4 is 5.32 Å². The van der Waals surface area contributed by atoms with Gasteiger partial charge in [-0.15, -0.1) is 0 Å². The zero-order valence-electron chi connectivity index (χ0n) is 13.8. The maximum atomic E-state index is 5.87. The first-order valence-electron chi connectivity index (χ1n) is 8.16. The number of hydrogen-bond donors (Lipinski definition) is 1. The van der Waals surface area contributed by atoms with Crippen LogP contribution in [0.2, 0.25) is 0 Å². The first-order valence-corrected chi connectivity index (χ1v) is 8.16. The first-order chi connectivity index (χ1) is 9.52. The van der Waals surface area contributed by atoms with Gasteiger partial charge in [0.2, 0.25) is 0 Å². The van der Waals surface area contributed by atoms with E-state index >= 15 is 0 Å². The molecule has 4 nitrogen and oxygen atoms in total. The lowest BCUT2D eigenvalue weighted by molar-refractivity contribution is -0.107. The molecule has 1 saturated carbocycles. The molecule has 1 aliphatic heterocycles. The normalized spacial score (nSPS) is 31.6. The Hall–Kier alpha value is -0.770. The average Bonchev–Trinajstić information content (AvgIpc) is 2.87. The third-order valence-electron chi connectivity index (χ3n) is 4.90. The molecule has 0 aromatic carbocycles. The molecule has 2 rings (SSSR count). The van der Waals surface area contributed by atoms with E-state index in [9.17, 15) is 0 Å². The highest BCUT2D eigenvalue weighted by Gasteiger charge is 2.59. The molecule has 4 heteroatoms. The van der Waals surface area contributed by atoms with E-state index in [1.807, 2.05) is 0 Å². The van der Waals surface area contributed by atoms with E-state index in [2.05, 4.69) is 50.0 Å². The number of fused-ring (bicyclic) bond motifs is 1. The number of nitrogens with zero attached hydrogens (tertiary/aromatic N) is 2. The van der Waals surface area contributed by atoms with Gasteiger partial charge in [-0.2, -0.15) is 0 Å². The third-order valence-corrected chi connectivity index (χ3v) is 4.90. The van der Waals surface area contributed by atoms with Crippen LogP contribution in [0.5, 0.6) is 0 Å². The van der Waals surface area contributed by atoms with Crippen molar-refractivity contribution in [2.45, 2.75) is 59.1 Å². The Kier molecular flexibility index (Phi) is 4.95. The highest BCUT2D eigenvalue weighted by molar-refractivity contribution is 5.80. The predicted octanol–water partition coefficient (Wildman–Crippen LogP) is 2.50. The SMILES string of the molecule is CCCCN(C)C(=NCC)NC1C2CCOC2C1(C)C. The summed E-state index contributed by atoms with van der Waals surface area (Å²) in [6.45, 7) is 11.8. The van der Waals surface area contributed by atoms with Crippen LogP contribution >= 0.6 is 0 Å². The summed E-state index contributed by atoms with van der Waals surface area (Å²) < 4.78 is 5.87. The van der Waals surface area contributed by atoms with E-state index in [1.54, 1.807) is 0 Å². The van der Waals surface area contributed by atoms with Crippen molar-refractivity contribution in [3.8, 4) is 0 Å². The molecule has 0 bridgehead atoms. The van der Waals surface area contributed by atoms with E-state index in [4.69, 9.17) is 4.74 Å². The number of rotatable bonds is 5. The predicted molar refractivity (Wildman–Crippen MR) is 84.1 cm³/mol. The number of guanidine groups is 1. The minimum Gasteiger partial charge on any atom is -0.377 e. The molecule has 0 aromatic heterocycles. The molecule has 0 amide bonds. The van der Waals surface area contributed by atoms with Crippen LogP contribution in [0.15, 0.2) is 4.99 Å². The second-order valence-corrected chi connectivity index (χ2v) is 6.76. The van der Waals surface area contributed by atoms with Gasteiger partial charge in [-0.3, -0.25) is 4.99 Å². The average molecular weight is 281 g/mol. The van der Waals surface area contributed by atoms with Gasteiger partial charge in [-0.25, -0.2) is 0 Å². The molecule has 0 aromatic rings. The second kappa shape index (κ2) is 6.33. The summed E-state index contributed by atoms with van der Waals surface area (Å²) in [5.74, 6) is 1.72. The van der Waals surface area contributed by atoms with Crippen LogP contribution in [0.25, 0.3) is 0 Å². The zero-order chi connectivity index (χ0) is 14.8. The maximum Gasteiger partial charge on any atom is 0.193 e. The summed E-state index contributed by atoms with van der Waals surface area (Å²) in [5.41, 5.74) is 0.210. The molecule has 0 spiro atoms. The highest BCUT2D eigenvalue weighted by atomic mass is 16.5. The summed E-state index contributed by atoms with van der Waals surface area (Å²) in [4.78, 5) is 6.94. The minimum atomic E-state index is 0.210. The van der Waals surface area contributed by atoms with Crippen molar-refractivity contribution in [1.82, 2.24) is 10.2 Å². The summed E-state index contributed by atoms with van der Waals surface area (Å²) in [7, 11) is 2.14. The van der Waals surface area contributed by atoms with Gasteiger partial charge in [0.15, 0.2) is 5.96 Å². The first kappa shape index (κ1) is 15.6. The molecule has 1 N–H and O–H groups in total. The number of ether oxygens (including phenoxy) is 1. The molecule has 1 aliphatic carbocycles. The van der Waals surface area contributed by atoms with E-state index < -0.39 is 0 Å². The molecule has 116 valence electrons. The smallest absolute Gasteiger partial charge is 0.193 e. The van der Waals surface area contributed by atoms with Crippen molar-refractivity contribution in [1.29, 1.82) is 0 Å². The number of nitrogens with one attached hydrogen (secondary N) is 1. The van der Waals surface area contributed by atoms with Crippen molar-refractivity contribution in [2.75, 3.05) is 26.7 Å². The molecule has 0 radical (unpaired) electrons. The van der Waals surface area contributed by atoms with Gasteiger partial charge < -0.3 is 15.0 Å². The summed E-state index contributed by atoms with van der Waals surface area (Å²) in [6.07, 6.45) is 4.05. The van der Waals surface area contributed by atoms with Gasteiger partial charge in [0, 0.05) is 44.1 Å². The lowest BCUT2D eigenvalue weighted by Gasteiger charge is -2.55. The Bertz CT molecular complexity index is 354. The van der Waals surface area contributed by atoms with Gasteiger partial charge in [-0.1, -0.05) is 27.2 Å². The minimum absolute atomic E-state index is 0.210. The second-order valence-electron chi connectivity index (χ2n) is 6.76. The Balaban J connectivity index is 2.00. The fourth-order valence-electron chi connectivity index (χ4n) is 3.68. The number of aliphatic imine (C=N–C) groups is 1. The lowest BCUT2D eigenvalue weighted by Crippen LogP contribution is -2.68. The quantitative estimate of drug-likeness (QED) is 0.621. The van der Waals surface area contributed by atoms with Gasteiger partial charge >= 0.3 is 0 Å². The number of hydrogen-bond acceptors (Lipinski definition) is 2. The van der Waals surface area contributed by atoms with Crippen LogP contribution in [0, 0.1) is 11.3 Å². The van der Waals surface area contributed by atoms with Gasteiger partial charge in [0.05, 0.1) is 6.10 Å². The molecule has 2 aliphatic rings. The van der Waals surface area contributed by atoms with Crippen molar-refractivity contribution in [3.63, 3.8) is 0 Å². The monoisotopic (exact) mass is 281 g/mol. The van der Waals surface area contributed by atoms with E-state index in [-0.39, 0.29) is 5.41 Å². The van der Waals surface area contributed by atoms with Crippen LogP contribution in [-0.2, 0) is 4.74 Å². The molecule has 1 saturated heterocycles. The Morgan fingerprint density at radius 1 is 1.40 bits per heavy atom. The van der Waals surface area contributed by atoms with E-state index in [0.29, 0.717) is 18.1 Å². The van der Waals surface area contributed by atoms with Crippen LogP contribution in [0.4, 0.5) is 0 Å². The molecular formula is C16H31N3O. The molecule has 1 heterocycles. The van der Waals surface area contributed by atoms with Crippen molar-refractivity contribution < 1.29 is 4.74 Å². The Labute approximate surface area is 124 Å². The lowest BCUT2D eigenvalue weighted by atomic mass is 9.57. The van der Waals surface area contributed by atoms with E-state index in [0.717, 1.165) is 25.7 Å². The summed E-state index contributed by atoms with van der Waals surface area (Å²) in [5, 5.41) is 3.72.